The predicted octanol–water partition coefficient (Wildman–Crippen LogP) is 1.86. The molecule has 1 heterocycles. The Hall–Kier alpha value is -3.31. The lowest BCUT2D eigenvalue weighted by atomic mass is 9.99. The number of fused-ring (bicyclic) bond motifs is 1. The van der Waals surface area contributed by atoms with Gasteiger partial charge in [0.2, 0.25) is 5.91 Å². The number of para-hydroxylation sites is 1. The highest BCUT2D eigenvalue weighted by Crippen LogP contribution is 2.32. The first-order chi connectivity index (χ1) is 10.2. The van der Waals surface area contributed by atoms with Crippen molar-refractivity contribution in [3.8, 4) is 12.1 Å². The lowest BCUT2D eigenvalue weighted by Gasteiger charge is -2.26. The minimum atomic E-state index is -0.418. The van der Waals surface area contributed by atoms with Crippen molar-refractivity contribution in [2.75, 3.05) is 11.4 Å². The van der Waals surface area contributed by atoms with Crippen molar-refractivity contribution in [3.05, 3.63) is 59.8 Å². The molecule has 0 unspecified atom stereocenters. The van der Waals surface area contributed by atoms with E-state index in [-0.39, 0.29) is 12.1 Å². The summed E-state index contributed by atoms with van der Waals surface area (Å²) >= 11 is 0. The first-order valence-electron chi connectivity index (χ1n) is 6.20. The molecule has 1 aromatic rings. The van der Waals surface area contributed by atoms with Gasteiger partial charge in [0.25, 0.3) is 0 Å². The summed E-state index contributed by atoms with van der Waals surface area (Å²) in [6.07, 6.45) is 6.75. The third-order valence-electron chi connectivity index (χ3n) is 2.96. The van der Waals surface area contributed by atoms with Crippen molar-refractivity contribution in [2.45, 2.75) is 0 Å². The number of benzene rings is 1. The smallest absolute Gasteiger partial charge is 0.237 e. The number of allylic oxidation sites excluding steroid dienone is 5. The summed E-state index contributed by atoms with van der Waals surface area (Å²) in [6, 6.07) is 11.2. The number of hydrogen-bond acceptors (Lipinski definition) is 4. The summed E-state index contributed by atoms with van der Waals surface area (Å²) in [4.78, 5) is 12.9. The molecule has 2 N–H and O–H groups in total. The topological polar surface area (TPSA) is 93.9 Å². The van der Waals surface area contributed by atoms with Crippen molar-refractivity contribution in [1.29, 1.82) is 10.5 Å². The van der Waals surface area contributed by atoms with Crippen LogP contribution in [-0.4, -0.2) is 12.5 Å². The fourth-order valence-electron chi connectivity index (χ4n) is 2.03. The van der Waals surface area contributed by atoms with Crippen LogP contribution in [0.15, 0.2) is 54.3 Å². The quantitative estimate of drug-likeness (QED) is 0.852. The highest BCUT2D eigenvalue weighted by molar-refractivity contribution is 5.90. The average molecular weight is 276 g/mol. The first kappa shape index (κ1) is 14.1. The van der Waals surface area contributed by atoms with Crippen molar-refractivity contribution >= 4 is 17.2 Å². The van der Waals surface area contributed by atoms with Gasteiger partial charge in [-0.25, -0.2) is 0 Å². The van der Waals surface area contributed by atoms with Crippen LogP contribution in [0.3, 0.4) is 0 Å². The monoisotopic (exact) mass is 276 g/mol. The van der Waals surface area contributed by atoms with Crippen LogP contribution in [-0.2, 0) is 4.79 Å². The lowest BCUT2D eigenvalue weighted by Crippen LogP contribution is -2.31. The van der Waals surface area contributed by atoms with E-state index >= 15 is 0 Å². The van der Waals surface area contributed by atoms with Crippen molar-refractivity contribution in [2.24, 2.45) is 5.73 Å². The van der Waals surface area contributed by atoms with Crippen LogP contribution >= 0.6 is 0 Å². The second-order valence-corrected chi connectivity index (χ2v) is 4.35. The molecule has 0 aromatic heterocycles. The second-order valence-electron chi connectivity index (χ2n) is 4.35. The SMILES string of the molecule is N#CC(C#N)=CC=C1C=CN(CC(N)=O)c2ccccc21. The van der Waals surface area contributed by atoms with Gasteiger partial charge in [0.1, 0.15) is 24.3 Å². The summed E-state index contributed by atoms with van der Waals surface area (Å²) in [5.74, 6) is -0.418. The maximum absolute atomic E-state index is 11.1. The number of primary amides is 1. The van der Waals surface area contributed by atoms with Gasteiger partial charge in [0, 0.05) is 17.5 Å². The van der Waals surface area contributed by atoms with Gasteiger partial charge in [-0.15, -0.1) is 0 Å². The van der Waals surface area contributed by atoms with E-state index in [0.29, 0.717) is 0 Å². The van der Waals surface area contributed by atoms with Gasteiger partial charge in [0.15, 0.2) is 0 Å². The Kier molecular flexibility index (Phi) is 4.18. The summed E-state index contributed by atoms with van der Waals surface area (Å²) in [5.41, 5.74) is 7.90. The molecule has 0 fully saturated rings. The molecule has 5 nitrogen and oxygen atoms in total. The van der Waals surface area contributed by atoms with E-state index in [1.807, 2.05) is 42.5 Å². The Labute approximate surface area is 122 Å². The zero-order valence-electron chi connectivity index (χ0n) is 11.2. The molecule has 0 aliphatic carbocycles. The molecule has 1 amide bonds. The normalized spacial score (nSPS) is 14.0. The summed E-state index contributed by atoms with van der Waals surface area (Å²) < 4.78 is 0. The number of nitriles is 2. The summed E-state index contributed by atoms with van der Waals surface area (Å²) in [7, 11) is 0. The number of carbonyl (C=O) groups is 1. The van der Waals surface area contributed by atoms with Gasteiger partial charge < -0.3 is 10.6 Å². The Morgan fingerprint density at radius 2 is 2.00 bits per heavy atom. The van der Waals surface area contributed by atoms with Gasteiger partial charge in [-0.05, 0) is 23.8 Å². The molecule has 5 heteroatoms. The highest BCUT2D eigenvalue weighted by atomic mass is 16.1. The number of amides is 1. The van der Waals surface area contributed by atoms with E-state index in [1.54, 1.807) is 17.2 Å². The third-order valence-corrected chi connectivity index (χ3v) is 2.96. The predicted molar refractivity (Wildman–Crippen MR) is 79.4 cm³/mol. The van der Waals surface area contributed by atoms with Crippen LogP contribution in [0.1, 0.15) is 5.56 Å². The largest absolute Gasteiger partial charge is 0.368 e. The van der Waals surface area contributed by atoms with Gasteiger partial charge >= 0.3 is 0 Å². The first-order valence-corrected chi connectivity index (χ1v) is 6.20. The summed E-state index contributed by atoms with van der Waals surface area (Å²) in [5, 5.41) is 17.5. The maximum Gasteiger partial charge on any atom is 0.237 e. The molecule has 1 aliphatic heterocycles. The fourth-order valence-corrected chi connectivity index (χ4v) is 2.03. The number of rotatable bonds is 3. The second kappa shape index (κ2) is 6.23. The van der Waals surface area contributed by atoms with E-state index in [4.69, 9.17) is 16.3 Å². The molecule has 102 valence electrons. The Bertz CT molecular complexity index is 728. The number of carbonyl (C=O) groups excluding carboxylic acids is 1. The fraction of sp³-hybridized carbons (Fsp3) is 0.0625. The molecule has 0 bridgehead atoms. The van der Waals surface area contributed by atoms with Crippen LogP contribution in [0.2, 0.25) is 0 Å². The molecule has 0 radical (unpaired) electrons. The molecule has 21 heavy (non-hydrogen) atoms. The maximum atomic E-state index is 11.1. The van der Waals surface area contributed by atoms with Crippen LogP contribution < -0.4 is 10.6 Å². The zero-order chi connectivity index (χ0) is 15.2. The lowest BCUT2D eigenvalue weighted by molar-refractivity contribution is -0.116. The van der Waals surface area contributed by atoms with Gasteiger partial charge in [-0.2, -0.15) is 10.5 Å². The molecule has 0 atom stereocenters. The van der Waals surface area contributed by atoms with Gasteiger partial charge in [-0.1, -0.05) is 24.3 Å². The number of nitrogens with zero attached hydrogens (tertiary/aromatic N) is 3. The van der Waals surface area contributed by atoms with E-state index in [2.05, 4.69) is 0 Å². The number of anilines is 1. The van der Waals surface area contributed by atoms with Crippen LogP contribution in [0.5, 0.6) is 0 Å². The Morgan fingerprint density at radius 3 is 2.67 bits per heavy atom. The van der Waals surface area contributed by atoms with Crippen molar-refractivity contribution in [1.82, 2.24) is 0 Å². The number of nitrogens with two attached hydrogens (primary N) is 1. The van der Waals surface area contributed by atoms with Crippen molar-refractivity contribution in [3.63, 3.8) is 0 Å². The summed E-state index contributed by atoms with van der Waals surface area (Å²) in [6.45, 7) is 0.0955. The molecular weight excluding hydrogens is 264 g/mol. The molecular formula is C16H12N4O. The van der Waals surface area contributed by atoms with Crippen LogP contribution in [0, 0.1) is 22.7 Å². The minimum absolute atomic E-state index is 0.0351. The Morgan fingerprint density at radius 1 is 1.29 bits per heavy atom. The average Bonchev–Trinajstić information content (AvgIpc) is 2.49. The van der Waals surface area contributed by atoms with E-state index in [1.165, 1.54) is 6.08 Å². The van der Waals surface area contributed by atoms with Gasteiger partial charge in [-0.3, -0.25) is 4.79 Å². The standard InChI is InChI=1S/C16H12N4O/c17-9-12(10-18)5-6-13-7-8-20(11-16(19)21)15-4-2-1-3-14(13)15/h1-8H,11H2,(H2,19,21). The third kappa shape index (κ3) is 3.17. The molecule has 1 aromatic carbocycles. The van der Waals surface area contributed by atoms with E-state index in [9.17, 15) is 4.79 Å². The highest BCUT2D eigenvalue weighted by Gasteiger charge is 2.16. The van der Waals surface area contributed by atoms with E-state index in [0.717, 1.165) is 16.8 Å². The van der Waals surface area contributed by atoms with E-state index < -0.39 is 5.91 Å². The van der Waals surface area contributed by atoms with Crippen LogP contribution in [0.4, 0.5) is 5.69 Å². The molecule has 2 rings (SSSR count). The zero-order valence-corrected chi connectivity index (χ0v) is 11.2. The van der Waals surface area contributed by atoms with Gasteiger partial charge in [0.05, 0.1) is 0 Å². The van der Waals surface area contributed by atoms with Crippen molar-refractivity contribution < 1.29 is 4.79 Å². The molecule has 0 saturated heterocycles. The molecule has 1 aliphatic rings. The van der Waals surface area contributed by atoms with Crippen LogP contribution in [0.25, 0.3) is 5.57 Å². The molecule has 0 saturated carbocycles. The minimum Gasteiger partial charge on any atom is -0.368 e. The number of hydrogen-bond donors (Lipinski definition) is 1. The molecule has 0 spiro atoms. The Balaban J connectivity index is 2.43.